The van der Waals surface area contributed by atoms with Crippen molar-refractivity contribution >= 4 is 0 Å². The van der Waals surface area contributed by atoms with Crippen molar-refractivity contribution < 1.29 is 4.74 Å². The topological polar surface area (TPSA) is 49.9 Å². The van der Waals surface area contributed by atoms with Gasteiger partial charge in [0.05, 0.1) is 0 Å². The van der Waals surface area contributed by atoms with Crippen LogP contribution in [0.3, 0.4) is 0 Å². The second-order valence-electron chi connectivity index (χ2n) is 3.57. The van der Waals surface area contributed by atoms with Crippen LogP contribution in [0.25, 0.3) is 0 Å². The number of rotatable bonds is 7. The minimum absolute atomic E-state index is 0.0509. The molecule has 0 radical (unpaired) electrons. The molecule has 15 heavy (non-hydrogen) atoms. The molecule has 1 rings (SSSR count). The fraction of sp³-hybridized carbons (Fsp3) is 0.727. The lowest BCUT2D eigenvalue weighted by Crippen LogP contribution is -2.14. The van der Waals surface area contributed by atoms with E-state index in [1.54, 1.807) is 0 Å². The second-order valence-corrected chi connectivity index (χ2v) is 3.57. The van der Waals surface area contributed by atoms with E-state index in [4.69, 9.17) is 4.74 Å². The summed E-state index contributed by atoms with van der Waals surface area (Å²) in [4.78, 5) is 7.55. The summed E-state index contributed by atoms with van der Waals surface area (Å²) in [7, 11) is 0. The van der Waals surface area contributed by atoms with E-state index in [-0.39, 0.29) is 6.10 Å². The molecule has 1 atom stereocenters. The van der Waals surface area contributed by atoms with Crippen molar-refractivity contribution in [1.82, 2.24) is 15.3 Å². The van der Waals surface area contributed by atoms with E-state index >= 15 is 0 Å². The lowest BCUT2D eigenvalue weighted by atomic mass is 10.4. The minimum atomic E-state index is 0.0509. The van der Waals surface area contributed by atoms with Gasteiger partial charge in [-0.15, -0.1) is 0 Å². The molecular weight excluding hydrogens is 190 g/mol. The van der Waals surface area contributed by atoms with Gasteiger partial charge < -0.3 is 15.0 Å². The summed E-state index contributed by atoms with van der Waals surface area (Å²) in [6, 6.07) is 0. The Kier molecular flexibility index (Phi) is 5.36. The molecule has 1 unspecified atom stereocenters. The van der Waals surface area contributed by atoms with E-state index in [0.29, 0.717) is 6.61 Å². The highest BCUT2D eigenvalue weighted by molar-refractivity contribution is 5.02. The van der Waals surface area contributed by atoms with Crippen LogP contribution in [-0.4, -0.2) is 23.1 Å². The van der Waals surface area contributed by atoms with Crippen LogP contribution in [0.15, 0.2) is 6.20 Å². The average Bonchev–Trinajstić information content (AvgIpc) is 2.67. The van der Waals surface area contributed by atoms with Crippen molar-refractivity contribution in [2.45, 2.75) is 39.8 Å². The second kappa shape index (κ2) is 6.58. The zero-order valence-electron chi connectivity index (χ0n) is 9.84. The number of aromatic amines is 1. The number of H-pyrrole nitrogens is 1. The standard InChI is InChI=1S/C11H21N3O/c1-4-6-12-7-10-8-13-11(14-10)9(3)15-5-2/h8-9,12H,4-7H2,1-3H3,(H,13,14). The van der Waals surface area contributed by atoms with E-state index in [1.165, 1.54) is 0 Å². The van der Waals surface area contributed by atoms with Crippen molar-refractivity contribution in [3.8, 4) is 0 Å². The van der Waals surface area contributed by atoms with Crippen molar-refractivity contribution in [2.24, 2.45) is 0 Å². The van der Waals surface area contributed by atoms with Gasteiger partial charge >= 0.3 is 0 Å². The predicted molar refractivity (Wildman–Crippen MR) is 60.6 cm³/mol. The molecule has 0 aromatic carbocycles. The molecule has 0 saturated heterocycles. The first-order chi connectivity index (χ1) is 7.27. The Labute approximate surface area is 91.4 Å². The van der Waals surface area contributed by atoms with Gasteiger partial charge in [0.25, 0.3) is 0 Å². The van der Waals surface area contributed by atoms with Crippen LogP contribution in [0.5, 0.6) is 0 Å². The molecule has 0 fully saturated rings. The summed E-state index contributed by atoms with van der Waals surface area (Å²) in [5, 5.41) is 3.32. The zero-order valence-corrected chi connectivity index (χ0v) is 9.84. The number of imidazole rings is 1. The van der Waals surface area contributed by atoms with Crippen molar-refractivity contribution in [3.63, 3.8) is 0 Å². The lowest BCUT2D eigenvalue weighted by molar-refractivity contribution is 0.0706. The maximum atomic E-state index is 5.45. The van der Waals surface area contributed by atoms with Crippen LogP contribution in [0.1, 0.15) is 44.8 Å². The molecule has 4 heteroatoms. The van der Waals surface area contributed by atoms with E-state index in [0.717, 1.165) is 31.0 Å². The normalized spacial score (nSPS) is 13.0. The monoisotopic (exact) mass is 211 g/mol. The van der Waals surface area contributed by atoms with Gasteiger partial charge in [0.15, 0.2) is 0 Å². The molecule has 86 valence electrons. The van der Waals surface area contributed by atoms with Gasteiger partial charge in [0, 0.05) is 25.0 Å². The van der Waals surface area contributed by atoms with Crippen LogP contribution >= 0.6 is 0 Å². The summed E-state index contributed by atoms with van der Waals surface area (Å²) in [5.74, 6) is 0.908. The molecule has 0 aliphatic rings. The third-order valence-corrected chi connectivity index (χ3v) is 2.19. The molecule has 0 amide bonds. The number of hydrogen-bond acceptors (Lipinski definition) is 3. The van der Waals surface area contributed by atoms with Crippen LogP contribution < -0.4 is 5.32 Å². The molecule has 0 saturated carbocycles. The Morgan fingerprint density at radius 1 is 1.53 bits per heavy atom. The Morgan fingerprint density at radius 2 is 2.33 bits per heavy atom. The number of nitrogens with one attached hydrogen (secondary N) is 2. The van der Waals surface area contributed by atoms with Gasteiger partial charge in [-0.25, -0.2) is 4.98 Å². The number of aromatic nitrogens is 2. The summed E-state index contributed by atoms with van der Waals surface area (Å²) in [5.41, 5.74) is 1.12. The zero-order chi connectivity index (χ0) is 11.1. The fourth-order valence-corrected chi connectivity index (χ4v) is 1.40. The van der Waals surface area contributed by atoms with E-state index in [9.17, 15) is 0 Å². The summed E-state index contributed by atoms with van der Waals surface area (Å²) in [6.07, 6.45) is 3.07. The first kappa shape index (κ1) is 12.2. The quantitative estimate of drug-likeness (QED) is 0.678. The van der Waals surface area contributed by atoms with E-state index in [1.807, 2.05) is 20.0 Å². The summed E-state index contributed by atoms with van der Waals surface area (Å²) >= 11 is 0. The highest BCUT2D eigenvalue weighted by Crippen LogP contribution is 2.12. The van der Waals surface area contributed by atoms with Gasteiger partial charge in [-0.2, -0.15) is 0 Å². The maximum Gasteiger partial charge on any atom is 0.135 e. The molecule has 1 aromatic heterocycles. The van der Waals surface area contributed by atoms with E-state index in [2.05, 4.69) is 22.2 Å². The van der Waals surface area contributed by atoms with Crippen LogP contribution in [0.4, 0.5) is 0 Å². The van der Waals surface area contributed by atoms with Crippen LogP contribution in [0.2, 0.25) is 0 Å². The van der Waals surface area contributed by atoms with Gasteiger partial charge in [-0.3, -0.25) is 0 Å². The fourth-order valence-electron chi connectivity index (χ4n) is 1.40. The Hall–Kier alpha value is -0.870. The number of nitrogens with zero attached hydrogens (tertiary/aromatic N) is 1. The van der Waals surface area contributed by atoms with Gasteiger partial charge in [0.2, 0.25) is 0 Å². The van der Waals surface area contributed by atoms with Gasteiger partial charge in [-0.1, -0.05) is 6.92 Å². The molecule has 1 aromatic rings. The third-order valence-electron chi connectivity index (χ3n) is 2.19. The minimum Gasteiger partial charge on any atom is -0.371 e. The van der Waals surface area contributed by atoms with E-state index < -0.39 is 0 Å². The number of hydrogen-bond donors (Lipinski definition) is 2. The van der Waals surface area contributed by atoms with Crippen molar-refractivity contribution in [1.29, 1.82) is 0 Å². The smallest absolute Gasteiger partial charge is 0.135 e. The Bertz CT molecular complexity index is 273. The summed E-state index contributed by atoms with van der Waals surface area (Å²) in [6.45, 7) is 8.75. The Balaban J connectivity index is 2.41. The number of ether oxygens (including phenoxy) is 1. The molecular formula is C11H21N3O. The molecule has 2 N–H and O–H groups in total. The molecule has 0 aliphatic heterocycles. The van der Waals surface area contributed by atoms with Crippen molar-refractivity contribution in [3.05, 3.63) is 17.7 Å². The molecule has 0 spiro atoms. The highest BCUT2D eigenvalue weighted by atomic mass is 16.5. The van der Waals surface area contributed by atoms with Crippen LogP contribution in [0, 0.1) is 0 Å². The predicted octanol–water partition coefficient (Wildman–Crippen LogP) is 2.01. The third kappa shape index (κ3) is 4.01. The maximum absolute atomic E-state index is 5.45. The Morgan fingerprint density at radius 3 is 3.00 bits per heavy atom. The van der Waals surface area contributed by atoms with Crippen LogP contribution in [-0.2, 0) is 11.3 Å². The molecule has 4 nitrogen and oxygen atoms in total. The molecule has 1 heterocycles. The lowest BCUT2D eigenvalue weighted by Gasteiger charge is -2.07. The highest BCUT2D eigenvalue weighted by Gasteiger charge is 2.08. The van der Waals surface area contributed by atoms with Gasteiger partial charge in [-0.05, 0) is 26.8 Å². The van der Waals surface area contributed by atoms with Crippen molar-refractivity contribution in [2.75, 3.05) is 13.2 Å². The largest absolute Gasteiger partial charge is 0.371 e. The molecule has 0 aliphatic carbocycles. The average molecular weight is 211 g/mol. The van der Waals surface area contributed by atoms with Gasteiger partial charge in [0.1, 0.15) is 11.9 Å². The SMILES string of the molecule is CCCNCc1cnc(C(C)OCC)[nH]1. The summed E-state index contributed by atoms with van der Waals surface area (Å²) < 4.78 is 5.45. The first-order valence-electron chi connectivity index (χ1n) is 5.64. The molecule has 0 bridgehead atoms. The first-order valence-corrected chi connectivity index (χ1v) is 5.64.